The number of rotatable bonds is 6. The van der Waals surface area contributed by atoms with E-state index in [1.807, 2.05) is 0 Å². The second-order valence-corrected chi connectivity index (χ2v) is 6.69. The molecule has 1 fully saturated rings. The van der Waals surface area contributed by atoms with E-state index in [0.717, 1.165) is 6.26 Å². The molecule has 8 nitrogen and oxygen atoms in total. The van der Waals surface area contributed by atoms with Crippen LogP contribution in [0, 0.1) is 5.41 Å². The highest BCUT2D eigenvalue weighted by Crippen LogP contribution is 2.36. The number of esters is 1. The van der Waals surface area contributed by atoms with Gasteiger partial charge in [-0.15, -0.1) is 0 Å². The lowest BCUT2D eigenvalue weighted by Gasteiger charge is -2.38. The van der Waals surface area contributed by atoms with E-state index in [1.165, 1.54) is 4.90 Å². The molecule has 1 saturated heterocycles. The van der Waals surface area contributed by atoms with Crippen LogP contribution in [0.25, 0.3) is 0 Å². The van der Waals surface area contributed by atoms with Crippen LogP contribution in [0.3, 0.4) is 0 Å². The average Bonchev–Trinajstić information content (AvgIpc) is 2.38. The van der Waals surface area contributed by atoms with Crippen molar-refractivity contribution in [3.63, 3.8) is 0 Å². The van der Waals surface area contributed by atoms with E-state index in [9.17, 15) is 18.0 Å². The molecule has 0 unspecified atom stereocenters. The molecule has 1 aliphatic heterocycles. The molecule has 9 heteroatoms. The minimum absolute atomic E-state index is 0.120. The molecule has 0 aromatic rings. The lowest BCUT2D eigenvalue weighted by molar-refractivity contribution is -0.159. The predicted octanol–water partition coefficient (Wildman–Crippen LogP) is 0.676. The number of carboxylic acid groups (broad SMARTS) is 1. The molecular formula is C12H21NO7S. The fourth-order valence-corrected chi connectivity index (χ4v) is 2.74. The molecule has 21 heavy (non-hydrogen) atoms. The molecular weight excluding hydrogens is 302 g/mol. The summed E-state index contributed by atoms with van der Waals surface area (Å²) in [6.07, 6.45) is 0.694. The Balaban J connectivity index is 2.73. The van der Waals surface area contributed by atoms with Crippen LogP contribution >= 0.6 is 0 Å². The Labute approximate surface area is 124 Å². The van der Waals surface area contributed by atoms with Gasteiger partial charge in [-0.05, 0) is 26.2 Å². The Morgan fingerprint density at radius 3 is 2.29 bits per heavy atom. The van der Waals surface area contributed by atoms with Crippen LogP contribution in [0.4, 0.5) is 4.79 Å². The van der Waals surface area contributed by atoms with Crippen molar-refractivity contribution in [1.29, 1.82) is 0 Å². The van der Waals surface area contributed by atoms with Crippen molar-refractivity contribution >= 4 is 22.2 Å². The summed E-state index contributed by atoms with van der Waals surface area (Å²) in [5.74, 6) is -0.424. The van der Waals surface area contributed by atoms with Gasteiger partial charge in [-0.3, -0.25) is 8.98 Å². The molecule has 0 bridgehead atoms. The zero-order chi connectivity index (χ0) is 16.1. The number of amides is 1. The summed E-state index contributed by atoms with van der Waals surface area (Å²) >= 11 is 0. The Morgan fingerprint density at radius 2 is 1.86 bits per heavy atom. The highest BCUT2D eigenvalue weighted by atomic mass is 32.2. The first kappa shape index (κ1) is 17.7. The van der Waals surface area contributed by atoms with Crippen molar-refractivity contribution in [3.8, 4) is 0 Å². The monoisotopic (exact) mass is 323 g/mol. The molecule has 0 spiro atoms. The molecule has 122 valence electrons. The van der Waals surface area contributed by atoms with Gasteiger partial charge in [0, 0.05) is 13.1 Å². The van der Waals surface area contributed by atoms with E-state index in [4.69, 9.17) is 14.0 Å². The van der Waals surface area contributed by atoms with Crippen molar-refractivity contribution in [2.45, 2.75) is 26.2 Å². The highest BCUT2D eigenvalue weighted by Gasteiger charge is 2.43. The molecule has 1 N–H and O–H groups in total. The number of carbonyl (C=O) groups is 2. The number of carbonyl (C=O) groups excluding carboxylic acids is 1. The van der Waals surface area contributed by atoms with Gasteiger partial charge in [0.2, 0.25) is 0 Å². The summed E-state index contributed by atoms with van der Waals surface area (Å²) in [5, 5.41) is 8.94. The summed E-state index contributed by atoms with van der Waals surface area (Å²) < 4.78 is 31.7. The summed E-state index contributed by atoms with van der Waals surface area (Å²) in [4.78, 5) is 24.3. The molecule has 0 saturated carbocycles. The maximum absolute atomic E-state index is 12.2. The van der Waals surface area contributed by atoms with E-state index < -0.39 is 27.6 Å². The first-order valence-electron chi connectivity index (χ1n) is 6.70. The molecule has 1 aliphatic rings. The van der Waals surface area contributed by atoms with Crippen LogP contribution in [0.1, 0.15) is 26.2 Å². The van der Waals surface area contributed by atoms with E-state index in [1.54, 1.807) is 6.92 Å². The van der Waals surface area contributed by atoms with Crippen LogP contribution in [0.15, 0.2) is 0 Å². The van der Waals surface area contributed by atoms with Crippen molar-refractivity contribution in [3.05, 3.63) is 0 Å². The van der Waals surface area contributed by atoms with E-state index in [2.05, 4.69) is 0 Å². The quantitative estimate of drug-likeness (QED) is 0.565. The molecule has 1 amide bonds. The minimum atomic E-state index is -3.57. The van der Waals surface area contributed by atoms with Crippen LogP contribution in [-0.4, -0.2) is 63.0 Å². The molecule has 0 radical (unpaired) electrons. The number of ether oxygens (including phenoxy) is 1. The van der Waals surface area contributed by atoms with Gasteiger partial charge in [0.25, 0.3) is 10.1 Å². The molecule has 0 aliphatic carbocycles. The van der Waals surface area contributed by atoms with E-state index >= 15 is 0 Å². The fourth-order valence-electron chi connectivity index (χ4n) is 2.35. The smallest absolute Gasteiger partial charge is 0.407 e. The van der Waals surface area contributed by atoms with Crippen LogP contribution in [0.2, 0.25) is 0 Å². The van der Waals surface area contributed by atoms with Gasteiger partial charge in [-0.1, -0.05) is 0 Å². The number of nitrogens with zero attached hydrogens (tertiary/aromatic N) is 1. The fraction of sp³-hybridized carbons (Fsp3) is 0.833. The van der Waals surface area contributed by atoms with Crippen molar-refractivity contribution < 1.29 is 32.0 Å². The maximum atomic E-state index is 12.2. The third-order valence-electron chi connectivity index (χ3n) is 3.58. The summed E-state index contributed by atoms with van der Waals surface area (Å²) in [6.45, 7) is 2.21. The molecule has 0 aromatic carbocycles. The topological polar surface area (TPSA) is 110 Å². The number of hydrogen-bond donors (Lipinski definition) is 1. The first-order chi connectivity index (χ1) is 9.70. The van der Waals surface area contributed by atoms with Gasteiger partial charge in [0.05, 0.1) is 24.9 Å². The van der Waals surface area contributed by atoms with Gasteiger partial charge in [0.15, 0.2) is 0 Å². The molecule has 1 heterocycles. The normalized spacial score (nSPS) is 18.3. The third kappa shape index (κ3) is 5.16. The first-order valence-corrected chi connectivity index (χ1v) is 8.51. The largest absolute Gasteiger partial charge is 0.466 e. The number of piperidine rings is 1. The summed E-state index contributed by atoms with van der Waals surface area (Å²) in [5.41, 5.74) is -0.882. The Bertz CT molecular complexity index is 480. The van der Waals surface area contributed by atoms with Gasteiger partial charge in [-0.25, -0.2) is 4.79 Å². The standard InChI is InChI=1S/C12H21NO7S/c1-3-19-10(14)12(6-9-20-21(2,17)18)4-7-13(8-5-12)11(15)16/h3-9H2,1-2H3,(H,15,16). The maximum Gasteiger partial charge on any atom is 0.407 e. The van der Waals surface area contributed by atoms with Crippen LogP contribution in [0.5, 0.6) is 0 Å². The summed E-state index contributed by atoms with van der Waals surface area (Å²) in [6, 6.07) is 0. The van der Waals surface area contributed by atoms with Gasteiger partial charge in [0.1, 0.15) is 0 Å². The van der Waals surface area contributed by atoms with Crippen LogP contribution < -0.4 is 0 Å². The Kier molecular flexibility index (Phi) is 5.97. The molecule has 0 atom stereocenters. The highest BCUT2D eigenvalue weighted by molar-refractivity contribution is 7.85. The van der Waals surface area contributed by atoms with Gasteiger partial charge in [-0.2, -0.15) is 8.42 Å². The van der Waals surface area contributed by atoms with Gasteiger partial charge < -0.3 is 14.7 Å². The van der Waals surface area contributed by atoms with Crippen molar-refractivity contribution in [2.24, 2.45) is 5.41 Å². The van der Waals surface area contributed by atoms with Crippen molar-refractivity contribution in [2.75, 3.05) is 32.6 Å². The van der Waals surface area contributed by atoms with Crippen molar-refractivity contribution in [1.82, 2.24) is 4.90 Å². The second kappa shape index (κ2) is 7.08. The van der Waals surface area contributed by atoms with E-state index in [0.29, 0.717) is 12.8 Å². The summed E-state index contributed by atoms with van der Waals surface area (Å²) in [7, 11) is -3.57. The molecule has 1 rings (SSSR count). The van der Waals surface area contributed by atoms with Crippen LogP contribution in [-0.2, 0) is 23.8 Å². The minimum Gasteiger partial charge on any atom is -0.466 e. The average molecular weight is 323 g/mol. The third-order valence-corrected chi connectivity index (χ3v) is 4.17. The van der Waals surface area contributed by atoms with E-state index in [-0.39, 0.29) is 32.7 Å². The number of hydrogen-bond acceptors (Lipinski definition) is 6. The number of likely N-dealkylation sites (tertiary alicyclic amines) is 1. The Hall–Kier alpha value is -1.35. The SMILES string of the molecule is CCOC(=O)C1(CCOS(C)(=O)=O)CCN(C(=O)O)CC1. The zero-order valence-corrected chi connectivity index (χ0v) is 13.0. The van der Waals surface area contributed by atoms with Gasteiger partial charge >= 0.3 is 12.1 Å². The lowest BCUT2D eigenvalue weighted by Crippen LogP contribution is -2.47. The molecule has 0 aromatic heterocycles. The second-order valence-electron chi connectivity index (χ2n) is 5.05. The lowest BCUT2D eigenvalue weighted by atomic mass is 9.76. The Morgan fingerprint density at radius 1 is 1.29 bits per heavy atom. The zero-order valence-electron chi connectivity index (χ0n) is 12.2. The predicted molar refractivity (Wildman–Crippen MR) is 73.3 cm³/mol.